The smallest absolute Gasteiger partial charge is 0.0223 e. The van der Waals surface area contributed by atoms with Gasteiger partial charge in [-0.2, -0.15) is 0 Å². The molecule has 1 aromatic carbocycles. The molecular formula is C15H22BrCl. The summed E-state index contributed by atoms with van der Waals surface area (Å²) in [5.74, 6) is 0.827. The lowest BCUT2D eigenvalue weighted by molar-refractivity contribution is 0.776. The molecule has 2 heteroatoms. The number of rotatable bonds is 4. The first-order valence-corrected chi connectivity index (χ1v) is 7.43. The third kappa shape index (κ3) is 8.45. The van der Waals surface area contributed by atoms with Crippen molar-refractivity contribution in [3.05, 3.63) is 40.4 Å². The van der Waals surface area contributed by atoms with Crippen LogP contribution in [0, 0.1) is 0 Å². The number of benzene rings is 1. The van der Waals surface area contributed by atoms with E-state index in [1.165, 1.54) is 30.4 Å². The molecule has 1 aromatic rings. The van der Waals surface area contributed by atoms with Gasteiger partial charge in [-0.15, -0.1) is 11.6 Å². The normalized spacial score (nSPS) is 10.8. The van der Waals surface area contributed by atoms with Crippen LogP contribution in [0.1, 0.15) is 45.6 Å². The summed E-state index contributed by atoms with van der Waals surface area (Å²) < 4.78 is 1.14. The minimum atomic E-state index is 0.827. The predicted molar refractivity (Wildman–Crippen MR) is 83.7 cm³/mol. The fourth-order valence-corrected chi connectivity index (χ4v) is 1.83. The molecule has 0 bridgehead atoms. The summed E-state index contributed by atoms with van der Waals surface area (Å²) in [5.41, 5.74) is 2.59. The van der Waals surface area contributed by atoms with Gasteiger partial charge in [0.05, 0.1) is 0 Å². The molecule has 0 fully saturated rings. The SMILES string of the molecule is CC=C(C)c1cccc(Br)c1.CCCCCCl. The minimum absolute atomic E-state index is 0.827. The molecule has 0 N–H and O–H groups in total. The Balaban J connectivity index is 0.000000366. The standard InChI is InChI=1S/C10H11Br.C5H11Cl/c1-3-8(2)9-5-4-6-10(11)7-9;1-2-3-4-5-6/h3-7H,1-2H3;2-5H2,1H3. The van der Waals surface area contributed by atoms with Gasteiger partial charge in [0.25, 0.3) is 0 Å². The van der Waals surface area contributed by atoms with Crippen LogP contribution < -0.4 is 0 Å². The highest BCUT2D eigenvalue weighted by Crippen LogP contribution is 2.18. The first-order chi connectivity index (χ1) is 8.15. The number of unbranched alkanes of at least 4 members (excludes halogenated alkanes) is 2. The lowest BCUT2D eigenvalue weighted by Gasteiger charge is -1.99. The summed E-state index contributed by atoms with van der Waals surface area (Å²) in [6.45, 7) is 6.34. The lowest BCUT2D eigenvalue weighted by atomic mass is 10.1. The second-order valence-corrected chi connectivity index (χ2v) is 5.17. The van der Waals surface area contributed by atoms with Crippen molar-refractivity contribution in [2.75, 3.05) is 5.88 Å². The average Bonchev–Trinajstić information content (AvgIpc) is 2.36. The van der Waals surface area contributed by atoms with Crippen LogP contribution in [-0.2, 0) is 0 Å². The highest BCUT2D eigenvalue weighted by Gasteiger charge is 1.93. The number of alkyl halides is 1. The third-order valence-electron chi connectivity index (χ3n) is 2.45. The summed E-state index contributed by atoms with van der Waals surface area (Å²) in [7, 11) is 0. The van der Waals surface area contributed by atoms with Crippen molar-refractivity contribution >= 4 is 33.1 Å². The van der Waals surface area contributed by atoms with E-state index in [4.69, 9.17) is 11.6 Å². The second-order valence-electron chi connectivity index (χ2n) is 3.88. The molecule has 0 nitrogen and oxygen atoms in total. The van der Waals surface area contributed by atoms with Gasteiger partial charge in [-0.3, -0.25) is 0 Å². The van der Waals surface area contributed by atoms with Gasteiger partial charge in [-0.25, -0.2) is 0 Å². The van der Waals surface area contributed by atoms with Crippen molar-refractivity contribution < 1.29 is 0 Å². The van der Waals surface area contributed by atoms with Crippen LogP contribution in [0.25, 0.3) is 5.57 Å². The first-order valence-electron chi connectivity index (χ1n) is 6.10. The van der Waals surface area contributed by atoms with Gasteiger partial charge in [-0.1, -0.05) is 53.9 Å². The van der Waals surface area contributed by atoms with E-state index in [1.54, 1.807) is 0 Å². The van der Waals surface area contributed by atoms with Crippen molar-refractivity contribution in [3.8, 4) is 0 Å². The Morgan fingerprint density at radius 3 is 2.47 bits per heavy atom. The molecule has 0 amide bonds. The van der Waals surface area contributed by atoms with Crippen LogP contribution in [-0.4, -0.2) is 5.88 Å². The van der Waals surface area contributed by atoms with Gasteiger partial charge in [0, 0.05) is 10.4 Å². The van der Waals surface area contributed by atoms with Crippen LogP contribution in [0.2, 0.25) is 0 Å². The first kappa shape index (κ1) is 16.7. The highest BCUT2D eigenvalue weighted by atomic mass is 79.9. The summed E-state index contributed by atoms with van der Waals surface area (Å²) in [4.78, 5) is 0. The zero-order valence-corrected chi connectivity index (χ0v) is 13.3. The van der Waals surface area contributed by atoms with Crippen LogP contribution >= 0.6 is 27.5 Å². The Kier molecular flexibility index (Phi) is 10.7. The molecule has 0 heterocycles. The van der Waals surface area contributed by atoms with E-state index in [0.29, 0.717) is 0 Å². The van der Waals surface area contributed by atoms with E-state index >= 15 is 0 Å². The third-order valence-corrected chi connectivity index (χ3v) is 3.21. The fraction of sp³-hybridized carbons (Fsp3) is 0.467. The zero-order chi connectivity index (χ0) is 13.1. The molecule has 0 atom stereocenters. The van der Waals surface area contributed by atoms with Crippen LogP contribution in [0.3, 0.4) is 0 Å². The topological polar surface area (TPSA) is 0 Å². The molecule has 17 heavy (non-hydrogen) atoms. The maximum atomic E-state index is 5.38. The number of hydrogen-bond acceptors (Lipinski definition) is 0. The van der Waals surface area contributed by atoms with Crippen molar-refractivity contribution in [1.82, 2.24) is 0 Å². The maximum Gasteiger partial charge on any atom is 0.0223 e. The van der Waals surface area contributed by atoms with Gasteiger partial charge in [-0.05, 0) is 43.5 Å². The number of allylic oxidation sites excluding steroid dienone is 2. The van der Waals surface area contributed by atoms with Gasteiger partial charge in [0.2, 0.25) is 0 Å². The van der Waals surface area contributed by atoms with Crippen LogP contribution in [0.5, 0.6) is 0 Å². The fourth-order valence-electron chi connectivity index (χ4n) is 1.24. The Hall–Kier alpha value is -0.270. The molecule has 1 rings (SSSR count). The van der Waals surface area contributed by atoms with E-state index in [9.17, 15) is 0 Å². The molecule has 0 aliphatic carbocycles. The molecule has 0 radical (unpaired) electrons. The van der Waals surface area contributed by atoms with Crippen molar-refractivity contribution in [2.24, 2.45) is 0 Å². The molecular weight excluding hydrogens is 296 g/mol. The quantitative estimate of drug-likeness (QED) is 0.452. The van der Waals surface area contributed by atoms with Crippen LogP contribution in [0.4, 0.5) is 0 Å². The summed E-state index contributed by atoms with van der Waals surface area (Å²) in [6.07, 6.45) is 5.84. The lowest BCUT2D eigenvalue weighted by Crippen LogP contribution is -1.77. The molecule has 96 valence electrons. The van der Waals surface area contributed by atoms with E-state index in [0.717, 1.165) is 10.4 Å². The predicted octanol–water partition coefficient (Wildman–Crippen LogP) is 6.29. The molecule has 0 aliphatic heterocycles. The van der Waals surface area contributed by atoms with Crippen molar-refractivity contribution in [3.63, 3.8) is 0 Å². The molecule has 0 saturated heterocycles. The zero-order valence-electron chi connectivity index (χ0n) is 11.0. The largest absolute Gasteiger partial charge is 0.127 e. The van der Waals surface area contributed by atoms with Crippen molar-refractivity contribution in [2.45, 2.75) is 40.0 Å². The number of halogens is 2. The Morgan fingerprint density at radius 1 is 1.35 bits per heavy atom. The Labute approximate surface area is 119 Å². The van der Waals surface area contributed by atoms with E-state index < -0.39 is 0 Å². The molecule has 0 unspecified atom stereocenters. The van der Waals surface area contributed by atoms with Crippen molar-refractivity contribution in [1.29, 1.82) is 0 Å². The summed E-state index contributed by atoms with van der Waals surface area (Å²) >= 11 is 8.81. The molecule has 0 aromatic heterocycles. The summed E-state index contributed by atoms with van der Waals surface area (Å²) in [6, 6.07) is 8.31. The molecule has 0 spiro atoms. The van der Waals surface area contributed by atoms with Gasteiger partial charge in [0.15, 0.2) is 0 Å². The number of hydrogen-bond donors (Lipinski definition) is 0. The van der Waals surface area contributed by atoms with Gasteiger partial charge < -0.3 is 0 Å². The Bertz CT molecular complexity index is 327. The monoisotopic (exact) mass is 316 g/mol. The van der Waals surface area contributed by atoms with E-state index in [2.05, 4.69) is 54.9 Å². The second kappa shape index (κ2) is 10.9. The van der Waals surface area contributed by atoms with E-state index in [-0.39, 0.29) is 0 Å². The average molecular weight is 318 g/mol. The minimum Gasteiger partial charge on any atom is -0.127 e. The molecule has 0 saturated carbocycles. The Morgan fingerprint density at radius 2 is 2.06 bits per heavy atom. The highest BCUT2D eigenvalue weighted by molar-refractivity contribution is 9.10. The van der Waals surface area contributed by atoms with E-state index in [1.807, 2.05) is 12.1 Å². The van der Waals surface area contributed by atoms with Gasteiger partial charge >= 0.3 is 0 Å². The maximum absolute atomic E-state index is 5.38. The molecule has 0 aliphatic rings. The summed E-state index contributed by atoms with van der Waals surface area (Å²) in [5, 5.41) is 0. The van der Waals surface area contributed by atoms with Gasteiger partial charge in [0.1, 0.15) is 0 Å². The van der Waals surface area contributed by atoms with Crippen LogP contribution in [0.15, 0.2) is 34.8 Å².